The largest absolute Gasteiger partial charge is 0.379 e. The molecule has 27 heavy (non-hydrogen) atoms. The number of benzene rings is 1. The van der Waals surface area contributed by atoms with Crippen LogP contribution in [0.1, 0.15) is 31.9 Å². The summed E-state index contributed by atoms with van der Waals surface area (Å²) in [5.74, 6) is 0.883. The topological polar surface area (TPSA) is 52.1 Å². The van der Waals surface area contributed by atoms with Crippen LogP contribution in [0.15, 0.2) is 29.3 Å². The molecule has 0 saturated carbocycles. The highest BCUT2D eigenvalue weighted by molar-refractivity contribution is 5.79. The zero-order valence-corrected chi connectivity index (χ0v) is 17.5. The van der Waals surface area contributed by atoms with Gasteiger partial charge in [-0.3, -0.25) is 4.90 Å². The molecule has 2 N–H and O–H groups in total. The molecule has 0 amide bonds. The van der Waals surface area contributed by atoms with Gasteiger partial charge in [0.25, 0.3) is 0 Å². The van der Waals surface area contributed by atoms with Crippen LogP contribution < -0.4 is 10.6 Å². The second kappa shape index (κ2) is 12.0. The van der Waals surface area contributed by atoms with Crippen molar-refractivity contribution in [2.24, 2.45) is 4.99 Å². The Morgan fingerprint density at radius 3 is 2.67 bits per heavy atom. The zero-order chi connectivity index (χ0) is 19.5. The van der Waals surface area contributed by atoms with Crippen LogP contribution in [0.3, 0.4) is 0 Å². The molecule has 1 saturated heterocycles. The Balaban J connectivity index is 1.89. The Morgan fingerprint density at radius 1 is 1.22 bits per heavy atom. The summed E-state index contributed by atoms with van der Waals surface area (Å²) < 4.78 is 5.44. The van der Waals surface area contributed by atoms with Gasteiger partial charge in [-0.1, -0.05) is 31.2 Å². The lowest BCUT2D eigenvalue weighted by Gasteiger charge is -2.32. The second-order valence-corrected chi connectivity index (χ2v) is 7.22. The first-order valence-electron chi connectivity index (χ1n) is 10.2. The highest BCUT2D eigenvalue weighted by atomic mass is 16.5. The molecule has 1 fully saturated rings. The maximum Gasteiger partial charge on any atom is 0.191 e. The number of hydrogen-bond acceptors (Lipinski definition) is 4. The molecule has 0 radical (unpaired) electrons. The molecule has 152 valence electrons. The van der Waals surface area contributed by atoms with Crippen molar-refractivity contribution < 1.29 is 4.74 Å². The van der Waals surface area contributed by atoms with Crippen molar-refractivity contribution in [3.05, 3.63) is 35.4 Å². The third-order valence-corrected chi connectivity index (χ3v) is 4.98. The highest BCUT2D eigenvalue weighted by Crippen LogP contribution is 2.09. The van der Waals surface area contributed by atoms with Crippen LogP contribution >= 0.6 is 0 Å². The number of nitrogens with one attached hydrogen (secondary N) is 2. The molecule has 0 aliphatic carbocycles. The first-order chi connectivity index (χ1) is 13.1. The van der Waals surface area contributed by atoms with Gasteiger partial charge in [0.1, 0.15) is 0 Å². The normalized spacial score (nSPS) is 17.1. The van der Waals surface area contributed by atoms with Gasteiger partial charge in [0.15, 0.2) is 5.96 Å². The van der Waals surface area contributed by atoms with Crippen molar-refractivity contribution in [1.82, 2.24) is 20.4 Å². The maximum absolute atomic E-state index is 5.44. The van der Waals surface area contributed by atoms with E-state index in [1.807, 2.05) is 0 Å². The lowest BCUT2D eigenvalue weighted by molar-refractivity contribution is 0.0211. The first kappa shape index (κ1) is 21.7. The van der Waals surface area contributed by atoms with Crippen LogP contribution in [0.4, 0.5) is 0 Å². The van der Waals surface area contributed by atoms with Gasteiger partial charge in [-0.2, -0.15) is 0 Å². The summed E-state index contributed by atoms with van der Waals surface area (Å²) >= 11 is 0. The number of nitrogens with zero attached hydrogens (tertiary/aromatic N) is 3. The standard InChI is InChI=1S/C21H37N5O/c1-5-22-21(23-15-18(3)26-10-12-27-13-11-26)24-16-19-8-7-9-20(14-19)17-25(4)6-2/h7-9,14,18H,5-6,10-13,15-17H2,1-4H3,(H2,22,23,24). The Bertz CT molecular complexity index is 571. The monoisotopic (exact) mass is 375 g/mol. The number of ether oxygens (including phenoxy) is 1. The van der Waals surface area contributed by atoms with Crippen molar-refractivity contribution in [3.63, 3.8) is 0 Å². The minimum Gasteiger partial charge on any atom is -0.379 e. The summed E-state index contributed by atoms with van der Waals surface area (Å²) in [5.41, 5.74) is 2.58. The molecule has 2 rings (SSSR count). The van der Waals surface area contributed by atoms with Crippen molar-refractivity contribution in [1.29, 1.82) is 0 Å². The predicted octanol–water partition coefficient (Wildman–Crippen LogP) is 1.91. The van der Waals surface area contributed by atoms with Crippen molar-refractivity contribution in [2.75, 3.05) is 53.0 Å². The summed E-state index contributed by atoms with van der Waals surface area (Å²) in [7, 11) is 2.15. The van der Waals surface area contributed by atoms with Crippen LogP contribution in [-0.2, 0) is 17.8 Å². The molecular formula is C21H37N5O. The van der Waals surface area contributed by atoms with Gasteiger partial charge >= 0.3 is 0 Å². The third kappa shape index (κ3) is 7.87. The molecule has 1 heterocycles. The second-order valence-electron chi connectivity index (χ2n) is 7.22. The van der Waals surface area contributed by atoms with Crippen LogP contribution in [0, 0.1) is 0 Å². The van der Waals surface area contributed by atoms with Crippen LogP contribution in [0.5, 0.6) is 0 Å². The van der Waals surface area contributed by atoms with Crippen LogP contribution in [0.2, 0.25) is 0 Å². The number of aliphatic imine (C=N–C) groups is 1. The van der Waals surface area contributed by atoms with Crippen LogP contribution in [0.25, 0.3) is 0 Å². The first-order valence-corrected chi connectivity index (χ1v) is 10.2. The predicted molar refractivity (Wildman–Crippen MR) is 113 cm³/mol. The fourth-order valence-electron chi connectivity index (χ4n) is 3.15. The lowest BCUT2D eigenvalue weighted by Crippen LogP contribution is -2.49. The average molecular weight is 376 g/mol. The fraction of sp³-hybridized carbons (Fsp3) is 0.667. The van der Waals surface area contributed by atoms with Gasteiger partial charge in [0, 0.05) is 38.8 Å². The molecule has 1 aliphatic heterocycles. The van der Waals surface area contributed by atoms with Crippen molar-refractivity contribution in [2.45, 2.75) is 39.9 Å². The number of rotatable bonds is 9. The molecule has 1 unspecified atom stereocenters. The summed E-state index contributed by atoms with van der Waals surface area (Å²) in [6.45, 7) is 14.7. The molecule has 6 heteroatoms. The minimum absolute atomic E-state index is 0.464. The van der Waals surface area contributed by atoms with Crippen molar-refractivity contribution >= 4 is 5.96 Å². The van der Waals surface area contributed by atoms with Gasteiger partial charge in [-0.15, -0.1) is 0 Å². The maximum atomic E-state index is 5.44. The number of hydrogen-bond donors (Lipinski definition) is 2. The SMILES string of the molecule is CCNC(=NCc1cccc(CN(C)CC)c1)NCC(C)N1CCOCC1. The van der Waals surface area contributed by atoms with Gasteiger partial charge in [0.2, 0.25) is 0 Å². The quantitative estimate of drug-likeness (QED) is 0.510. The molecule has 0 spiro atoms. The van der Waals surface area contributed by atoms with E-state index < -0.39 is 0 Å². The molecule has 1 aromatic carbocycles. The molecule has 1 aromatic rings. The molecule has 1 atom stereocenters. The summed E-state index contributed by atoms with van der Waals surface area (Å²) in [4.78, 5) is 9.55. The van der Waals surface area contributed by atoms with E-state index in [1.54, 1.807) is 0 Å². The minimum atomic E-state index is 0.464. The summed E-state index contributed by atoms with van der Waals surface area (Å²) in [5, 5.41) is 6.85. The van der Waals surface area contributed by atoms with E-state index in [0.717, 1.165) is 58.4 Å². The zero-order valence-electron chi connectivity index (χ0n) is 17.5. The highest BCUT2D eigenvalue weighted by Gasteiger charge is 2.16. The van der Waals surface area contributed by atoms with Crippen LogP contribution in [-0.4, -0.2) is 74.8 Å². The van der Waals surface area contributed by atoms with Gasteiger partial charge in [-0.05, 0) is 38.6 Å². The molecule has 0 bridgehead atoms. The Morgan fingerprint density at radius 2 is 1.96 bits per heavy atom. The van der Waals surface area contributed by atoms with E-state index in [1.165, 1.54) is 11.1 Å². The summed E-state index contributed by atoms with van der Waals surface area (Å²) in [6, 6.07) is 9.19. The molecule has 1 aliphatic rings. The van der Waals surface area contributed by atoms with E-state index in [0.29, 0.717) is 12.6 Å². The fourth-order valence-corrected chi connectivity index (χ4v) is 3.15. The number of morpholine rings is 1. The smallest absolute Gasteiger partial charge is 0.191 e. The molecule has 0 aromatic heterocycles. The average Bonchev–Trinajstić information content (AvgIpc) is 2.70. The van der Waals surface area contributed by atoms with Gasteiger partial charge < -0.3 is 20.3 Å². The van der Waals surface area contributed by atoms with Gasteiger partial charge in [0.05, 0.1) is 19.8 Å². The van der Waals surface area contributed by atoms with E-state index in [-0.39, 0.29) is 0 Å². The Labute approximate surface area is 165 Å². The number of guanidine groups is 1. The van der Waals surface area contributed by atoms with E-state index in [4.69, 9.17) is 9.73 Å². The lowest BCUT2D eigenvalue weighted by atomic mass is 10.1. The molecular weight excluding hydrogens is 338 g/mol. The van der Waals surface area contributed by atoms with Gasteiger partial charge in [-0.25, -0.2) is 4.99 Å². The molecule has 6 nitrogen and oxygen atoms in total. The van der Waals surface area contributed by atoms with E-state index >= 15 is 0 Å². The Hall–Kier alpha value is -1.63. The van der Waals surface area contributed by atoms with Crippen molar-refractivity contribution in [3.8, 4) is 0 Å². The Kier molecular flexibility index (Phi) is 9.59. The van der Waals surface area contributed by atoms with E-state index in [9.17, 15) is 0 Å². The van der Waals surface area contributed by atoms with E-state index in [2.05, 4.69) is 72.5 Å². The third-order valence-electron chi connectivity index (χ3n) is 4.98. The summed E-state index contributed by atoms with van der Waals surface area (Å²) in [6.07, 6.45) is 0.